The Morgan fingerprint density at radius 2 is 2.19 bits per heavy atom. The van der Waals surface area contributed by atoms with Crippen molar-refractivity contribution in [2.45, 2.75) is 19.4 Å². The van der Waals surface area contributed by atoms with Crippen LogP contribution in [-0.4, -0.2) is 69.5 Å². The van der Waals surface area contributed by atoms with Gasteiger partial charge in [-0.15, -0.1) is 24.0 Å². The summed E-state index contributed by atoms with van der Waals surface area (Å²) in [4.78, 5) is 19.3. The minimum Gasteiger partial charge on any atom is -0.367 e. The molecular formula is C20H28FIN10. The van der Waals surface area contributed by atoms with Gasteiger partial charge in [-0.1, -0.05) is 0 Å². The van der Waals surface area contributed by atoms with Gasteiger partial charge in [-0.2, -0.15) is 5.10 Å². The van der Waals surface area contributed by atoms with Gasteiger partial charge in [0.1, 0.15) is 12.1 Å². The van der Waals surface area contributed by atoms with Crippen molar-refractivity contribution in [1.29, 1.82) is 0 Å². The third-order valence-electron chi connectivity index (χ3n) is 5.12. The smallest absolute Gasteiger partial charge is 0.191 e. The number of rotatable bonds is 7. The largest absolute Gasteiger partial charge is 0.367 e. The van der Waals surface area contributed by atoms with Crippen LogP contribution in [0, 0.1) is 5.82 Å². The van der Waals surface area contributed by atoms with Crippen LogP contribution in [0.15, 0.2) is 35.8 Å². The quantitative estimate of drug-likeness (QED) is 0.176. The summed E-state index contributed by atoms with van der Waals surface area (Å²) in [6.07, 6.45) is 5.79. The molecule has 4 rings (SSSR count). The summed E-state index contributed by atoms with van der Waals surface area (Å²) in [5.41, 5.74) is 0.783. The molecule has 1 aliphatic heterocycles. The number of aromatic nitrogens is 5. The van der Waals surface area contributed by atoms with Crippen molar-refractivity contribution < 1.29 is 4.39 Å². The Hall–Kier alpha value is -2.77. The molecule has 1 saturated heterocycles. The highest BCUT2D eigenvalue weighted by atomic mass is 127. The summed E-state index contributed by atoms with van der Waals surface area (Å²) in [7, 11) is 1.85. The van der Waals surface area contributed by atoms with E-state index in [1.165, 1.54) is 12.4 Å². The molecule has 3 N–H and O–H groups in total. The number of hydrogen-bond acceptors (Lipinski definition) is 7. The van der Waals surface area contributed by atoms with Crippen LogP contribution in [0.1, 0.15) is 13.3 Å². The predicted octanol–water partition coefficient (Wildman–Crippen LogP) is 1.76. The van der Waals surface area contributed by atoms with Gasteiger partial charge in [0.05, 0.1) is 18.1 Å². The second-order valence-corrected chi connectivity index (χ2v) is 7.30. The van der Waals surface area contributed by atoms with E-state index in [0.29, 0.717) is 25.5 Å². The molecule has 1 atom stereocenters. The van der Waals surface area contributed by atoms with Gasteiger partial charge in [-0.3, -0.25) is 9.67 Å². The second kappa shape index (κ2) is 11.2. The summed E-state index contributed by atoms with van der Waals surface area (Å²) in [5.74, 6) is 1.61. The zero-order valence-electron chi connectivity index (χ0n) is 18.1. The first-order valence-electron chi connectivity index (χ1n) is 10.4. The first kappa shape index (κ1) is 23.9. The van der Waals surface area contributed by atoms with Gasteiger partial charge in [0.25, 0.3) is 0 Å². The Morgan fingerprint density at radius 3 is 3.00 bits per heavy atom. The van der Waals surface area contributed by atoms with Crippen molar-refractivity contribution in [3.8, 4) is 0 Å². The lowest BCUT2D eigenvalue weighted by atomic mass is 10.3. The molecule has 3 aromatic heterocycles. The molecular weight excluding hydrogens is 526 g/mol. The van der Waals surface area contributed by atoms with Crippen molar-refractivity contribution in [2.75, 3.05) is 42.9 Å². The first-order chi connectivity index (χ1) is 15.2. The van der Waals surface area contributed by atoms with Gasteiger partial charge in [-0.25, -0.2) is 19.3 Å². The number of pyridine rings is 1. The van der Waals surface area contributed by atoms with E-state index in [2.05, 4.69) is 41.0 Å². The average molecular weight is 554 g/mol. The molecule has 0 amide bonds. The summed E-state index contributed by atoms with van der Waals surface area (Å²) in [6.45, 7) is 5.39. The van der Waals surface area contributed by atoms with Crippen LogP contribution in [0.25, 0.3) is 11.0 Å². The Kier molecular flexibility index (Phi) is 8.36. The van der Waals surface area contributed by atoms with Crippen molar-refractivity contribution in [3.63, 3.8) is 0 Å². The highest BCUT2D eigenvalue weighted by Crippen LogP contribution is 2.21. The van der Waals surface area contributed by atoms with E-state index < -0.39 is 0 Å². The van der Waals surface area contributed by atoms with Crippen LogP contribution in [0.5, 0.6) is 0 Å². The third kappa shape index (κ3) is 5.53. The molecule has 1 aliphatic rings. The molecule has 0 aliphatic carbocycles. The number of fused-ring (bicyclic) bond motifs is 1. The van der Waals surface area contributed by atoms with Gasteiger partial charge in [0.2, 0.25) is 0 Å². The van der Waals surface area contributed by atoms with E-state index in [4.69, 9.17) is 0 Å². The zero-order chi connectivity index (χ0) is 21.6. The summed E-state index contributed by atoms with van der Waals surface area (Å²) < 4.78 is 15.7. The van der Waals surface area contributed by atoms with Crippen LogP contribution in [-0.2, 0) is 7.05 Å². The van der Waals surface area contributed by atoms with Gasteiger partial charge in [0, 0.05) is 45.5 Å². The minimum absolute atomic E-state index is 0. The van der Waals surface area contributed by atoms with Gasteiger partial charge in [-0.05, 0) is 25.5 Å². The van der Waals surface area contributed by atoms with E-state index in [1.54, 1.807) is 23.1 Å². The third-order valence-corrected chi connectivity index (χ3v) is 5.12. The number of nitrogens with zero attached hydrogens (tertiary/aromatic N) is 7. The highest BCUT2D eigenvalue weighted by molar-refractivity contribution is 14.0. The molecule has 0 aromatic carbocycles. The molecule has 1 fully saturated rings. The number of guanidine groups is 1. The second-order valence-electron chi connectivity index (χ2n) is 7.30. The van der Waals surface area contributed by atoms with Crippen LogP contribution in [0.4, 0.5) is 16.0 Å². The van der Waals surface area contributed by atoms with Crippen molar-refractivity contribution in [3.05, 3.63) is 36.7 Å². The van der Waals surface area contributed by atoms with Gasteiger partial charge >= 0.3 is 0 Å². The molecule has 4 heterocycles. The maximum absolute atomic E-state index is 14.0. The van der Waals surface area contributed by atoms with Crippen molar-refractivity contribution in [1.82, 2.24) is 35.4 Å². The first-order valence-corrected chi connectivity index (χ1v) is 10.4. The minimum atomic E-state index is -0.290. The highest BCUT2D eigenvalue weighted by Gasteiger charge is 2.25. The molecule has 0 saturated carbocycles. The van der Waals surface area contributed by atoms with Crippen LogP contribution >= 0.6 is 24.0 Å². The fourth-order valence-corrected chi connectivity index (χ4v) is 3.64. The predicted molar refractivity (Wildman–Crippen MR) is 134 cm³/mol. The zero-order valence-corrected chi connectivity index (χ0v) is 20.5. The standard InChI is InChI=1S/C20H27FN10.HI/c1-3-22-20(29-14-6-10-31(12-14)19-16(21)5-4-7-24-19)25-9-8-23-17-15-11-28-30(2)18(15)27-13-26-17;/h4-5,7,11,13-14H,3,6,8-10,12H2,1-2H3,(H2,22,25,29)(H,23,26,27);1H. The molecule has 0 radical (unpaired) electrons. The van der Waals surface area contributed by atoms with Gasteiger partial charge < -0.3 is 20.9 Å². The number of nitrogens with one attached hydrogen (secondary N) is 3. The van der Waals surface area contributed by atoms with Crippen molar-refractivity contribution in [2.24, 2.45) is 12.0 Å². The van der Waals surface area contributed by atoms with E-state index >= 15 is 0 Å². The SMILES string of the molecule is CCNC(=NCCNc1ncnc2c1cnn2C)NC1CCN(c2ncccc2F)C1.I. The molecule has 10 nitrogen and oxygen atoms in total. The molecule has 12 heteroatoms. The number of halogens is 2. The Labute approximate surface area is 203 Å². The maximum atomic E-state index is 14.0. The Morgan fingerprint density at radius 1 is 1.31 bits per heavy atom. The lowest BCUT2D eigenvalue weighted by Gasteiger charge is -2.20. The van der Waals surface area contributed by atoms with E-state index in [1.807, 2.05) is 18.9 Å². The molecule has 3 aromatic rings. The summed E-state index contributed by atoms with van der Waals surface area (Å²) in [5, 5.41) is 15.1. The molecule has 0 spiro atoms. The summed E-state index contributed by atoms with van der Waals surface area (Å²) in [6, 6.07) is 3.22. The Bertz CT molecular complexity index is 1060. The fraction of sp³-hybridized carbons (Fsp3) is 0.450. The van der Waals surface area contributed by atoms with Crippen LogP contribution in [0.2, 0.25) is 0 Å². The van der Waals surface area contributed by atoms with Crippen molar-refractivity contribution >= 4 is 52.6 Å². The lowest BCUT2D eigenvalue weighted by molar-refractivity contribution is 0.612. The monoisotopic (exact) mass is 554 g/mol. The molecule has 1 unspecified atom stereocenters. The average Bonchev–Trinajstić information content (AvgIpc) is 3.39. The number of anilines is 2. The topological polar surface area (TPSA) is 108 Å². The normalized spacial score (nSPS) is 16.2. The molecule has 172 valence electrons. The number of hydrogen-bond donors (Lipinski definition) is 3. The van der Waals surface area contributed by atoms with E-state index in [0.717, 1.165) is 42.3 Å². The molecule has 32 heavy (non-hydrogen) atoms. The van der Waals surface area contributed by atoms with Gasteiger partial charge in [0.15, 0.2) is 23.2 Å². The number of aliphatic imine (C=N–C) groups is 1. The Balaban J connectivity index is 0.00000289. The number of aryl methyl sites for hydroxylation is 1. The van der Waals surface area contributed by atoms with E-state index in [9.17, 15) is 4.39 Å². The van der Waals surface area contributed by atoms with Crippen LogP contribution in [0.3, 0.4) is 0 Å². The van der Waals surface area contributed by atoms with Crippen LogP contribution < -0.4 is 20.9 Å². The van der Waals surface area contributed by atoms with E-state index in [-0.39, 0.29) is 35.8 Å². The lowest BCUT2D eigenvalue weighted by Crippen LogP contribution is -2.45. The fourth-order valence-electron chi connectivity index (χ4n) is 3.64. The summed E-state index contributed by atoms with van der Waals surface area (Å²) >= 11 is 0. The molecule has 0 bridgehead atoms. The maximum Gasteiger partial charge on any atom is 0.191 e.